The van der Waals surface area contributed by atoms with Gasteiger partial charge < -0.3 is 14.8 Å². The Kier molecular flexibility index (Phi) is 7.06. The van der Waals surface area contributed by atoms with Crippen molar-refractivity contribution < 1.29 is 0 Å². The quantitative estimate of drug-likeness (QED) is 0.588. The maximum atomic E-state index is 4.95. The summed E-state index contributed by atoms with van der Waals surface area (Å²) in [5.41, 5.74) is 1.23. The van der Waals surface area contributed by atoms with Crippen molar-refractivity contribution in [3.05, 3.63) is 47.5 Å². The number of hydrogen-bond acceptors (Lipinski definition) is 3. The van der Waals surface area contributed by atoms with E-state index >= 15 is 0 Å². The molecule has 152 valence electrons. The van der Waals surface area contributed by atoms with Gasteiger partial charge in [0.2, 0.25) is 0 Å². The van der Waals surface area contributed by atoms with Gasteiger partial charge in [0.15, 0.2) is 11.8 Å². The molecular formula is C22H34N6. The molecule has 1 atom stereocenters. The fourth-order valence-electron chi connectivity index (χ4n) is 4.10. The highest BCUT2D eigenvalue weighted by molar-refractivity contribution is 5.80. The zero-order chi connectivity index (χ0) is 19.9. The van der Waals surface area contributed by atoms with Gasteiger partial charge in [-0.15, -0.1) is 10.2 Å². The normalized spacial score (nSPS) is 17.5. The molecule has 2 heterocycles. The van der Waals surface area contributed by atoms with Crippen molar-refractivity contribution in [1.82, 2.24) is 25.0 Å². The molecule has 1 aromatic carbocycles. The van der Waals surface area contributed by atoms with E-state index in [2.05, 4.69) is 58.5 Å². The largest absolute Gasteiger partial charge is 0.349 e. The molecule has 1 N–H and O–H groups in total. The Hall–Kier alpha value is -2.37. The van der Waals surface area contributed by atoms with E-state index < -0.39 is 0 Å². The molecule has 1 aliphatic heterocycles. The number of guanidine groups is 1. The number of aromatic nitrogens is 3. The summed E-state index contributed by atoms with van der Waals surface area (Å²) in [5.74, 6) is 4.41. The number of likely N-dealkylation sites (tertiary alicyclic amines) is 1. The van der Waals surface area contributed by atoms with Crippen LogP contribution in [0.15, 0.2) is 35.3 Å². The second-order valence-electron chi connectivity index (χ2n) is 7.77. The van der Waals surface area contributed by atoms with Crippen molar-refractivity contribution in [2.45, 2.75) is 53.1 Å². The van der Waals surface area contributed by atoms with Crippen LogP contribution in [0.1, 0.15) is 50.3 Å². The predicted octanol–water partition coefficient (Wildman–Crippen LogP) is 3.53. The first kappa shape index (κ1) is 20.4. The van der Waals surface area contributed by atoms with Gasteiger partial charge in [0.05, 0.1) is 13.1 Å². The molecule has 1 aliphatic rings. The molecule has 1 fully saturated rings. The Morgan fingerprint density at radius 2 is 1.96 bits per heavy atom. The monoisotopic (exact) mass is 382 g/mol. The van der Waals surface area contributed by atoms with Gasteiger partial charge in [0.25, 0.3) is 0 Å². The molecule has 0 radical (unpaired) electrons. The highest BCUT2D eigenvalue weighted by Gasteiger charge is 2.29. The van der Waals surface area contributed by atoms with Gasteiger partial charge in [0, 0.05) is 20.1 Å². The Morgan fingerprint density at radius 3 is 2.61 bits per heavy atom. The maximum Gasteiger partial charge on any atom is 0.194 e. The molecule has 0 aliphatic carbocycles. The van der Waals surface area contributed by atoms with Crippen LogP contribution in [-0.4, -0.2) is 38.7 Å². The summed E-state index contributed by atoms with van der Waals surface area (Å²) in [6, 6.07) is 10.4. The summed E-state index contributed by atoms with van der Waals surface area (Å²) in [7, 11) is 2.01. The van der Waals surface area contributed by atoms with Crippen LogP contribution in [0.2, 0.25) is 0 Å². The molecule has 6 nitrogen and oxygen atoms in total. The van der Waals surface area contributed by atoms with Crippen molar-refractivity contribution in [3.63, 3.8) is 0 Å². The van der Waals surface area contributed by atoms with E-state index in [1.807, 2.05) is 24.6 Å². The number of nitrogens with one attached hydrogen (secondary N) is 1. The molecule has 1 aromatic heterocycles. The maximum absolute atomic E-state index is 4.95. The van der Waals surface area contributed by atoms with Gasteiger partial charge in [-0.25, -0.2) is 4.99 Å². The van der Waals surface area contributed by atoms with Crippen LogP contribution in [-0.2, 0) is 20.1 Å². The second-order valence-corrected chi connectivity index (χ2v) is 7.77. The lowest BCUT2D eigenvalue weighted by Crippen LogP contribution is -2.40. The van der Waals surface area contributed by atoms with Crippen molar-refractivity contribution >= 4 is 5.96 Å². The topological polar surface area (TPSA) is 58.3 Å². The Labute approximate surface area is 169 Å². The molecule has 28 heavy (non-hydrogen) atoms. The van der Waals surface area contributed by atoms with E-state index in [-0.39, 0.29) is 0 Å². The summed E-state index contributed by atoms with van der Waals surface area (Å²) in [6.07, 6.45) is 3.77. The van der Waals surface area contributed by atoms with E-state index in [0.717, 1.165) is 42.5 Å². The first-order chi connectivity index (χ1) is 13.6. The van der Waals surface area contributed by atoms with Crippen molar-refractivity contribution in [1.29, 1.82) is 0 Å². The molecule has 0 spiro atoms. The van der Waals surface area contributed by atoms with Crippen LogP contribution < -0.4 is 5.32 Å². The average Bonchev–Trinajstić information content (AvgIpc) is 3.32. The summed E-state index contributed by atoms with van der Waals surface area (Å²) in [6.45, 7) is 10.1. The number of benzene rings is 1. The second kappa shape index (κ2) is 9.71. The van der Waals surface area contributed by atoms with Crippen molar-refractivity contribution in [2.75, 3.05) is 13.1 Å². The lowest BCUT2D eigenvalue weighted by molar-refractivity contribution is 0.318. The summed E-state index contributed by atoms with van der Waals surface area (Å²) < 4.78 is 2.03. The minimum absolute atomic E-state index is 0.636. The minimum Gasteiger partial charge on any atom is -0.349 e. The Bertz CT molecular complexity index is 763. The van der Waals surface area contributed by atoms with Crippen LogP contribution in [0.5, 0.6) is 0 Å². The van der Waals surface area contributed by atoms with Crippen LogP contribution in [0.3, 0.4) is 0 Å². The zero-order valence-corrected chi connectivity index (χ0v) is 17.7. The van der Waals surface area contributed by atoms with Gasteiger partial charge >= 0.3 is 0 Å². The highest BCUT2D eigenvalue weighted by Crippen LogP contribution is 2.28. The van der Waals surface area contributed by atoms with E-state index in [1.165, 1.54) is 24.8 Å². The van der Waals surface area contributed by atoms with Gasteiger partial charge in [-0.05, 0) is 30.7 Å². The lowest BCUT2D eigenvalue weighted by Gasteiger charge is -2.24. The standard InChI is InChI=1S/C22H34N6/c1-5-19(6-2)20-12-13-28(16-20)22(23-14-18-10-8-7-9-11-18)24-15-21-26-25-17(3)27(21)4/h7-11,19-20H,5-6,12-16H2,1-4H3,(H,23,24). The minimum atomic E-state index is 0.636. The molecule has 6 heteroatoms. The summed E-state index contributed by atoms with van der Waals surface area (Å²) >= 11 is 0. The van der Waals surface area contributed by atoms with E-state index in [4.69, 9.17) is 4.99 Å². The van der Waals surface area contributed by atoms with Crippen LogP contribution in [0.25, 0.3) is 0 Å². The van der Waals surface area contributed by atoms with Gasteiger partial charge in [0.1, 0.15) is 5.82 Å². The van der Waals surface area contributed by atoms with Crippen LogP contribution in [0.4, 0.5) is 0 Å². The Balaban J connectivity index is 1.71. The van der Waals surface area contributed by atoms with Crippen molar-refractivity contribution in [2.24, 2.45) is 23.9 Å². The average molecular weight is 383 g/mol. The molecule has 3 rings (SSSR count). The predicted molar refractivity (Wildman–Crippen MR) is 114 cm³/mol. The fraction of sp³-hybridized carbons (Fsp3) is 0.591. The third-order valence-electron chi connectivity index (χ3n) is 6.08. The zero-order valence-electron chi connectivity index (χ0n) is 17.7. The molecule has 1 unspecified atom stereocenters. The van der Waals surface area contributed by atoms with E-state index in [9.17, 15) is 0 Å². The smallest absolute Gasteiger partial charge is 0.194 e. The number of hydrogen-bond donors (Lipinski definition) is 1. The first-order valence-corrected chi connectivity index (χ1v) is 10.5. The first-order valence-electron chi connectivity index (χ1n) is 10.5. The number of rotatable bonds is 7. The summed E-state index contributed by atoms with van der Waals surface area (Å²) in [4.78, 5) is 7.37. The van der Waals surface area contributed by atoms with Gasteiger partial charge in [-0.2, -0.15) is 0 Å². The molecule has 0 bridgehead atoms. The van der Waals surface area contributed by atoms with Crippen LogP contribution in [0, 0.1) is 18.8 Å². The molecule has 1 saturated heterocycles. The van der Waals surface area contributed by atoms with Crippen LogP contribution >= 0.6 is 0 Å². The fourth-order valence-corrected chi connectivity index (χ4v) is 4.10. The number of aliphatic imine (C=N–C) groups is 1. The molecule has 2 aromatic rings. The molecule has 0 amide bonds. The summed E-state index contributed by atoms with van der Waals surface area (Å²) in [5, 5.41) is 12.0. The number of nitrogens with zero attached hydrogens (tertiary/aromatic N) is 5. The van der Waals surface area contributed by atoms with E-state index in [1.54, 1.807) is 0 Å². The van der Waals surface area contributed by atoms with Gasteiger partial charge in [-0.1, -0.05) is 57.0 Å². The molecular weight excluding hydrogens is 348 g/mol. The third kappa shape index (κ3) is 4.91. The SMILES string of the molecule is CCC(CC)C1CCN(C(=NCc2ccccc2)NCc2nnc(C)n2C)C1. The molecule has 0 saturated carbocycles. The highest BCUT2D eigenvalue weighted by atomic mass is 15.3. The Morgan fingerprint density at radius 1 is 1.21 bits per heavy atom. The lowest BCUT2D eigenvalue weighted by atomic mass is 9.87. The van der Waals surface area contributed by atoms with Gasteiger partial charge in [-0.3, -0.25) is 0 Å². The number of aryl methyl sites for hydroxylation is 1. The van der Waals surface area contributed by atoms with Crippen molar-refractivity contribution in [3.8, 4) is 0 Å². The van der Waals surface area contributed by atoms with E-state index in [0.29, 0.717) is 13.1 Å². The third-order valence-corrected chi connectivity index (χ3v) is 6.08.